The van der Waals surface area contributed by atoms with Crippen LogP contribution in [0.25, 0.3) is 0 Å². The molecule has 0 radical (unpaired) electrons. The molecule has 1 N–H and O–H groups in total. The molecule has 23 heavy (non-hydrogen) atoms. The number of fused-ring (bicyclic) bond motifs is 1. The summed E-state index contributed by atoms with van der Waals surface area (Å²) < 4.78 is 0. The minimum atomic E-state index is -0.332. The van der Waals surface area contributed by atoms with Crippen molar-refractivity contribution in [1.29, 1.82) is 0 Å². The van der Waals surface area contributed by atoms with Gasteiger partial charge in [-0.2, -0.15) is 0 Å². The fourth-order valence-corrected chi connectivity index (χ4v) is 3.02. The Kier molecular flexibility index (Phi) is 3.90. The van der Waals surface area contributed by atoms with Gasteiger partial charge in [0.1, 0.15) is 0 Å². The molecule has 1 aliphatic carbocycles. The van der Waals surface area contributed by atoms with E-state index < -0.39 is 0 Å². The highest BCUT2D eigenvalue weighted by Gasteiger charge is 2.42. The number of anilines is 1. The highest BCUT2D eigenvalue weighted by Crippen LogP contribution is 2.32. The molecule has 0 unspecified atom stereocenters. The Balaban J connectivity index is 1.91. The van der Waals surface area contributed by atoms with Gasteiger partial charge in [0.2, 0.25) is 11.8 Å². The van der Waals surface area contributed by atoms with Gasteiger partial charge in [0.25, 0.3) is 5.91 Å². The Morgan fingerprint density at radius 1 is 1.17 bits per heavy atom. The monoisotopic (exact) mass is 313 g/mol. The molecule has 1 fully saturated rings. The summed E-state index contributed by atoms with van der Waals surface area (Å²) in [6, 6.07) is 6.73. The van der Waals surface area contributed by atoms with Crippen molar-refractivity contribution in [2.24, 2.45) is 11.8 Å². The van der Waals surface area contributed by atoms with Crippen molar-refractivity contribution in [3.05, 3.63) is 42.0 Å². The number of benzene rings is 1. The zero-order valence-electron chi connectivity index (χ0n) is 13.2. The molecule has 0 bridgehead atoms. The normalized spacial score (nSPS) is 23.3. The number of nitrogens with zero attached hydrogens (tertiary/aromatic N) is 2. The predicted molar refractivity (Wildman–Crippen MR) is 85.4 cm³/mol. The maximum Gasteiger partial charge on any atom is 0.253 e. The van der Waals surface area contributed by atoms with Crippen LogP contribution >= 0.6 is 0 Å². The van der Waals surface area contributed by atoms with Gasteiger partial charge in [-0.05, 0) is 31.0 Å². The number of hydrazine groups is 1. The molecule has 1 heterocycles. The molecular weight excluding hydrogens is 294 g/mol. The first-order chi connectivity index (χ1) is 11.0. The first kappa shape index (κ1) is 15.3. The van der Waals surface area contributed by atoms with E-state index in [0.29, 0.717) is 24.1 Å². The van der Waals surface area contributed by atoms with E-state index in [2.05, 4.69) is 5.43 Å². The van der Waals surface area contributed by atoms with Crippen LogP contribution in [0.3, 0.4) is 0 Å². The third kappa shape index (κ3) is 2.72. The van der Waals surface area contributed by atoms with Crippen molar-refractivity contribution in [1.82, 2.24) is 10.3 Å². The molecule has 2 aliphatic rings. The molecule has 6 nitrogen and oxygen atoms in total. The summed E-state index contributed by atoms with van der Waals surface area (Å²) in [7, 11) is 3.34. The molecule has 6 heteroatoms. The summed E-state index contributed by atoms with van der Waals surface area (Å²) in [6.45, 7) is 0. The number of hydrogen-bond donors (Lipinski definition) is 1. The second-order valence-corrected chi connectivity index (χ2v) is 6.06. The van der Waals surface area contributed by atoms with Crippen molar-refractivity contribution >= 4 is 23.4 Å². The SMILES string of the molecule is CN(C)C(=O)c1cccc(N2NC(=O)[C@H]3CC=CC[C@@H]3C2=O)c1. The Morgan fingerprint density at radius 3 is 2.57 bits per heavy atom. The van der Waals surface area contributed by atoms with E-state index in [9.17, 15) is 14.4 Å². The molecule has 3 amide bonds. The van der Waals surface area contributed by atoms with Crippen LogP contribution in [0.15, 0.2) is 36.4 Å². The third-order valence-corrected chi connectivity index (χ3v) is 4.29. The largest absolute Gasteiger partial charge is 0.345 e. The lowest BCUT2D eigenvalue weighted by atomic mass is 9.80. The lowest BCUT2D eigenvalue weighted by molar-refractivity contribution is -0.139. The van der Waals surface area contributed by atoms with Gasteiger partial charge < -0.3 is 4.90 Å². The molecule has 1 aromatic rings. The average molecular weight is 313 g/mol. The number of amides is 3. The Hall–Kier alpha value is -2.63. The van der Waals surface area contributed by atoms with Crippen LogP contribution in [-0.4, -0.2) is 36.7 Å². The summed E-state index contributed by atoms with van der Waals surface area (Å²) in [5.41, 5.74) is 3.64. The Bertz CT molecular complexity index is 696. The number of hydrogen-bond acceptors (Lipinski definition) is 3. The number of allylic oxidation sites excluding steroid dienone is 2. The van der Waals surface area contributed by atoms with Gasteiger partial charge in [-0.1, -0.05) is 18.2 Å². The molecule has 0 spiro atoms. The summed E-state index contributed by atoms with van der Waals surface area (Å²) in [5, 5.41) is 1.27. The van der Waals surface area contributed by atoms with Crippen LogP contribution in [0.2, 0.25) is 0 Å². The fourth-order valence-electron chi connectivity index (χ4n) is 3.02. The molecule has 1 aliphatic heterocycles. The Morgan fingerprint density at radius 2 is 1.87 bits per heavy atom. The van der Waals surface area contributed by atoms with Crippen LogP contribution < -0.4 is 10.4 Å². The maximum absolute atomic E-state index is 12.7. The van der Waals surface area contributed by atoms with E-state index in [-0.39, 0.29) is 29.6 Å². The summed E-state index contributed by atoms with van der Waals surface area (Å²) in [6.07, 6.45) is 5.06. The van der Waals surface area contributed by atoms with E-state index in [1.54, 1.807) is 38.4 Å². The zero-order valence-corrected chi connectivity index (χ0v) is 13.2. The van der Waals surface area contributed by atoms with Crippen molar-refractivity contribution in [2.75, 3.05) is 19.1 Å². The lowest BCUT2D eigenvalue weighted by Gasteiger charge is -2.38. The van der Waals surface area contributed by atoms with Gasteiger partial charge in [0.15, 0.2) is 0 Å². The minimum Gasteiger partial charge on any atom is -0.345 e. The first-order valence-corrected chi connectivity index (χ1v) is 7.60. The van der Waals surface area contributed by atoms with Crippen molar-refractivity contribution in [3.63, 3.8) is 0 Å². The summed E-state index contributed by atoms with van der Waals surface area (Å²) in [5.74, 6) is -1.06. The number of rotatable bonds is 2. The van der Waals surface area contributed by atoms with Crippen molar-refractivity contribution in [3.8, 4) is 0 Å². The van der Waals surface area contributed by atoms with Crippen LogP contribution in [0.4, 0.5) is 5.69 Å². The highest BCUT2D eigenvalue weighted by molar-refractivity contribution is 6.05. The highest BCUT2D eigenvalue weighted by atomic mass is 16.2. The smallest absolute Gasteiger partial charge is 0.253 e. The minimum absolute atomic E-state index is 0.131. The molecule has 1 saturated heterocycles. The second-order valence-electron chi connectivity index (χ2n) is 6.06. The van der Waals surface area contributed by atoms with Gasteiger partial charge in [0, 0.05) is 19.7 Å². The van der Waals surface area contributed by atoms with Gasteiger partial charge in [-0.3, -0.25) is 19.8 Å². The number of nitrogens with one attached hydrogen (secondary N) is 1. The second kappa shape index (κ2) is 5.87. The van der Waals surface area contributed by atoms with E-state index in [1.807, 2.05) is 12.2 Å². The third-order valence-electron chi connectivity index (χ3n) is 4.29. The lowest BCUT2D eigenvalue weighted by Crippen LogP contribution is -2.59. The average Bonchev–Trinajstić information content (AvgIpc) is 2.57. The molecule has 0 saturated carbocycles. The first-order valence-electron chi connectivity index (χ1n) is 7.60. The molecule has 3 rings (SSSR count). The van der Waals surface area contributed by atoms with E-state index in [4.69, 9.17) is 0 Å². The Labute approximate surface area is 134 Å². The molecule has 2 atom stereocenters. The number of carbonyl (C=O) groups excluding carboxylic acids is 3. The van der Waals surface area contributed by atoms with Gasteiger partial charge in [-0.15, -0.1) is 0 Å². The molecule has 0 aromatic heterocycles. The number of carbonyl (C=O) groups is 3. The summed E-state index contributed by atoms with van der Waals surface area (Å²) >= 11 is 0. The zero-order chi connectivity index (χ0) is 16.6. The fraction of sp³-hybridized carbons (Fsp3) is 0.353. The quantitative estimate of drug-likeness (QED) is 0.838. The molecular formula is C17H19N3O3. The van der Waals surface area contributed by atoms with Crippen LogP contribution in [0.5, 0.6) is 0 Å². The molecule has 120 valence electrons. The standard InChI is InChI=1S/C17H19N3O3/c1-19(2)16(22)11-6-5-7-12(10-11)20-17(23)14-9-4-3-8-13(14)15(21)18-20/h3-7,10,13-14H,8-9H2,1-2H3,(H,18,21)/t13-,14-/m0/s1. The van der Waals surface area contributed by atoms with Crippen molar-refractivity contribution in [2.45, 2.75) is 12.8 Å². The van der Waals surface area contributed by atoms with Gasteiger partial charge >= 0.3 is 0 Å². The van der Waals surface area contributed by atoms with Gasteiger partial charge in [-0.25, -0.2) is 5.01 Å². The van der Waals surface area contributed by atoms with Gasteiger partial charge in [0.05, 0.1) is 17.5 Å². The van der Waals surface area contributed by atoms with E-state index in [0.717, 1.165) is 0 Å². The summed E-state index contributed by atoms with van der Waals surface area (Å²) in [4.78, 5) is 38.5. The topological polar surface area (TPSA) is 69.7 Å². The van der Waals surface area contributed by atoms with E-state index in [1.165, 1.54) is 9.91 Å². The van der Waals surface area contributed by atoms with Crippen molar-refractivity contribution < 1.29 is 14.4 Å². The van der Waals surface area contributed by atoms with Crippen LogP contribution in [0.1, 0.15) is 23.2 Å². The predicted octanol–water partition coefficient (Wildman–Crippen LogP) is 1.35. The molecule has 1 aromatic carbocycles. The van der Waals surface area contributed by atoms with E-state index >= 15 is 0 Å². The van der Waals surface area contributed by atoms with Crippen LogP contribution in [-0.2, 0) is 9.59 Å². The maximum atomic E-state index is 12.7. The van der Waals surface area contributed by atoms with Crippen LogP contribution in [0, 0.1) is 11.8 Å².